The van der Waals surface area contributed by atoms with E-state index >= 15 is 0 Å². The van der Waals surface area contributed by atoms with E-state index in [2.05, 4.69) is 0 Å². The number of benzene rings is 1. The third-order valence-corrected chi connectivity index (χ3v) is 4.60. The number of unbranched alkanes of at least 4 members (excludes halogenated alkanes) is 3. The Hall–Kier alpha value is -3.47. The van der Waals surface area contributed by atoms with E-state index in [1.165, 1.54) is 31.2 Å². The summed E-state index contributed by atoms with van der Waals surface area (Å²) < 4.78 is 1.06. The average Bonchev–Trinajstić information content (AvgIpc) is 2.67. The quantitative estimate of drug-likeness (QED) is 0.322. The Bertz CT molecular complexity index is 1000. The Morgan fingerprint density at radius 3 is 2.43 bits per heavy atom. The molecule has 0 saturated carbocycles. The average molecular weight is 383 g/mol. The van der Waals surface area contributed by atoms with Crippen molar-refractivity contribution < 1.29 is 14.8 Å². The number of nitrogens with zero attached hydrogens (tertiary/aromatic N) is 3. The zero-order chi connectivity index (χ0) is 20.8. The summed E-state index contributed by atoms with van der Waals surface area (Å²) in [5.41, 5.74) is -0.924. The lowest BCUT2D eigenvalue weighted by Crippen LogP contribution is -2.27. The number of carbonyl (C=O) groups is 1. The molecule has 0 unspecified atom stereocenters. The van der Waals surface area contributed by atoms with Crippen LogP contribution in [0.3, 0.4) is 0 Å². The van der Waals surface area contributed by atoms with Crippen LogP contribution in [0.25, 0.3) is 0 Å². The number of aromatic nitrogens is 1. The Kier molecular flexibility index (Phi) is 6.66. The lowest BCUT2D eigenvalue weighted by molar-refractivity contribution is -0.384. The fraction of sp³-hybridized carbons (Fsp3) is 0.350. The van der Waals surface area contributed by atoms with Crippen molar-refractivity contribution in [3.05, 3.63) is 67.0 Å². The van der Waals surface area contributed by atoms with Gasteiger partial charge in [-0.25, -0.2) is 0 Å². The van der Waals surface area contributed by atoms with E-state index in [1.807, 2.05) is 13.0 Å². The first kappa shape index (κ1) is 20.8. The lowest BCUT2D eigenvalue weighted by atomic mass is 9.97. The van der Waals surface area contributed by atoms with Crippen molar-refractivity contribution in [2.75, 3.05) is 0 Å². The smallest absolute Gasteiger partial charge is 0.271 e. The molecule has 0 spiro atoms. The van der Waals surface area contributed by atoms with E-state index in [4.69, 9.17) is 0 Å². The van der Waals surface area contributed by atoms with Crippen molar-refractivity contribution in [2.24, 2.45) is 0 Å². The minimum Gasteiger partial charge on any atom is -0.494 e. The van der Waals surface area contributed by atoms with Gasteiger partial charge in [0.15, 0.2) is 5.78 Å². The van der Waals surface area contributed by atoms with Crippen LogP contribution in [0.1, 0.15) is 59.7 Å². The molecule has 0 fully saturated rings. The second-order valence-corrected chi connectivity index (χ2v) is 6.46. The number of aromatic hydroxyl groups is 1. The van der Waals surface area contributed by atoms with Gasteiger partial charge in [-0.3, -0.25) is 24.3 Å². The molecule has 2 aromatic rings. The molecule has 1 aromatic heterocycles. The summed E-state index contributed by atoms with van der Waals surface area (Å²) in [6.07, 6.45) is 3.45. The number of nitriles is 1. The molecule has 146 valence electrons. The highest BCUT2D eigenvalue weighted by Gasteiger charge is 2.25. The second kappa shape index (κ2) is 8.95. The normalized spacial score (nSPS) is 10.5. The predicted octanol–water partition coefficient (Wildman–Crippen LogP) is 3.45. The maximum absolute atomic E-state index is 12.9. The van der Waals surface area contributed by atoms with E-state index in [1.54, 1.807) is 0 Å². The molecule has 0 aliphatic heterocycles. The van der Waals surface area contributed by atoms with Crippen LogP contribution in [-0.2, 0) is 6.54 Å². The molecule has 1 heterocycles. The molecule has 0 aliphatic carbocycles. The van der Waals surface area contributed by atoms with Crippen molar-refractivity contribution in [2.45, 2.75) is 46.1 Å². The monoisotopic (exact) mass is 383 g/mol. The van der Waals surface area contributed by atoms with Crippen molar-refractivity contribution in [1.82, 2.24) is 4.57 Å². The fourth-order valence-corrected chi connectivity index (χ4v) is 3.01. The minimum absolute atomic E-state index is 0.0955. The van der Waals surface area contributed by atoms with Gasteiger partial charge in [-0.2, -0.15) is 5.26 Å². The number of rotatable bonds is 8. The molecule has 28 heavy (non-hydrogen) atoms. The Labute approximate surface area is 161 Å². The topological polar surface area (TPSA) is 126 Å². The zero-order valence-corrected chi connectivity index (χ0v) is 15.8. The van der Waals surface area contributed by atoms with Gasteiger partial charge in [-0.05, 0) is 31.0 Å². The molecule has 8 heteroatoms. The van der Waals surface area contributed by atoms with Crippen LogP contribution in [0.15, 0.2) is 29.1 Å². The number of hydrogen-bond donors (Lipinski definition) is 1. The Balaban J connectivity index is 2.53. The van der Waals surface area contributed by atoms with Gasteiger partial charge in [0.2, 0.25) is 5.88 Å². The number of nitro groups is 1. The standard InChI is InChI=1S/C20H21N3O5/c1-3-4-5-6-11-22-19(25)16(12-21)13(2)17(20(22)26)18(24)14-7-9-15(10-8-14)23(27)28/h7-10,26H,3-6,11H2,1-2H3. The third-order valence-electron chi connectivity index (χ3n) is 4.60. The van der Waals surface area contributed by atoms with E-state index < -0.39 is 22.1 Å². The number of ketones is 1. The van der Waals surface area contributed by atoms with E-state index in [9.17, 15) is 30.1 Å². The van der Waals surface area contributed by atoms with E-state index in [-0.39, 0.29) is 34.5 Å². The molecule has 8 nitrogen and oxygen atoms in total. The molecule has 0 bridgehead atoms. The molecule has 0 amide bonds. The first-order valence-corrected chi connectivity index (χ1v) is 8.99. The van der Waals surface area contributed by atoms with Crippen LogP contribution in [0.2, 0.25) is 0 Å². The van der Waals surface area contributed by atoms with Crippen LogP contribution >= 0.6 is 0 Å². The fourth-order valence-electron chi connectivity index (χ4n) is 3.01. The minimum atomic E-state index is -0.630. The van der Waals surface area contributed by atoms with Gasteiger partial charge in [0.1, 0.15) is 11.6 Å². The highest BCUT2D eigenvalue weighted by atomic mass is 16.6. The predicted molar refractivity (Wildman–Crippen MR) is 102 cm³/mol. The summed E-state index contributed by atoms with van der Waals surface area (Å²) in [5, 5.41) is 30.8. The lowest BCUT2D eigenvalue weighted by Gasteiger charge is -2.15. The molecule has 1 N–H and O–H groups in total. The summed E-state index contributed by atoms with van der Waals surface area (Å²) >= 11 is 0. The highest BCUT2D eigenvalue weighted by molar-refractivity contribution is 6.11. The highest BCUT2D eigenvalue weighted by Crippen LogP contribution is 2.26. The van der Waals surface area contributed by atoms with Crippen LogP contribution in [0.4, 0.5) is 5.69 Å². The second-order valence-electron chi connectivity index (χ2n) is 6.46. The summed E-state index contributed by atoms with van der Waals surface area (Å²) in [7, 11) is 0. The van der Waals surface area contributed by atoms with Gasteiger partial charge in [0.25, 0.3) is 11.2 Å². The van der Waals surface area contributed by atoms with Gasteiger partial charge in [-0.15, -0.1) is 0 Å². The molecule has 0 atom stereocenters. The van der Waals surface area contributed by atoms with Crippen molar-refractivity contribution in [3.63, 3.8) is 0 Å². The maximum atomic E-state index is 12.9. The largest absolute Gasteiger partial charge is 0.494 e. The van der Waals surface area contributed by atoms with Crippen molar-refractivity contribution >= 4 is 11.5 Å². The van der Waals surface area contributed by atoms with Gasteiger partial charge < -0.3 is 5.11 Å². The molecular weight excluding hydrogens is 362 g/mol. The molecule has 2 rings (SSSR count). The van der Waals surface area contributed by atoms with Crippen molar-refractivity contribution in [1.29, 1.82) is 5.26 Å². The molecule has 1 aromatic carbocycles. The van der Waals surface area contributed by atoms with Crippen molar-refractivity contribution in [3.8, 4) is 11.9 Å². The van der Waals surface area contributed by atoms with E-state index in [0.717, 1.165) is 23.8 Å². The zero-order valence-electron chi connectivity index (χ0n) is 15.8. The van der Waals surface area contributed by atoms with Crippen LogP contribution in [0, 0.1) is 28.4 Å². The maximum Gasteiger partial charge on any atom is 0.271 e. The van der Waals surface area contributed by atoms with Gasteiger partial charge in [0.05, 0.1) is 10.5 Å². The molecule has 0 radical (unpaired) electrons. The van der Waals surface area contributed by atoms with Crippen LogP contribution < -0.4 is 5.56 Å². The number of carbonyl (C=O) groups excluding carboxylic acids is 1. The number of non-ortho nitro benzene ring substituents is 1. The number of hydrogen-bond acceptors (Lipinski definition) is 6. The number of pyridine rings is 1. The van der Waals surface area contributed by atoms with Gasteiger partial charge in [0, 0.05) is 24.2 Å². The SMILES string of the molecule is CCCCCCn1c(O)c(C(=O)c2ccc([N+](=O)[O-])cc2)c(C)c(C#N)c1=O. The number of nitro benzene ring substituents is 1. The van der Waals surface area contributed by atoms with E-state index in [0.29, 0.717) is 6.42 Å². The molecule has 0 saturated heterocycles. The van der Waals surface area contributed by atoms with Crippen LogP contribution in [-0.4, -0.2) is 20.4 Å². The Morgan fingerprint density at radius 2 is 1.89 bits per heavy atom. The summed E-state index contributed by atoms with van der Waals surface area (Å²) in [4.78, 5) is 35.7. The first-order valence-electron chi connectivity index (χ1n) is 8.99. The third kappa shape index (κ3) is 4.09. The summed E-state index contributed by atoms with van der Waals surface area (Å²) in [5.74, 6) is -1.09. The van der Waals surface area contributed by atoms with Gasteiger partial charge in [-0.1, -0.05) is 26.2 Å². The summed E-state index contributed by atoms with van der Waals surface area (Å²) in [6.45, 7) is 3.67. The first-order chi connectivity index (χ1) is 13.3. The van der Waals surface area contributed by atoms with Gasteiger partial charge >= 0.3 is 0 Å². The van der Waals surface area contributed by atoms with Crippen LogP contribution in [0.5, 0.6) is 5.88 Å². The molecular formula is C20H21N3O5. The molecule has 0 aliphatic rings. The Morgan fingerprint density at radius 1 is 1.25 bits per heavy atom. The summed E-state index contributed by atoms with van der Waals surface area (Å²) in [6, 6.07) is 6.75.